The molecule has 2 N–H and O–H groups in total. The van der Waals surface area contributed by atoms with Gasteiger partial charge in [0, 0.05) is 22.2 Å². The van der Waals surface area contributed by atoms with Gasteiger partial charge in [0.2, 0.25) is 5.91 Å². The molecule has 0 aliphatic rings. The van der Waals surface area contributed by atoms with E-state index in [0.717, 1.165) is 5.56 Å². The van der Waals surface area contributed by atoms with Gasteiger partial charge in [0.15, 0.2) is 0 Å². The number of amides is 2. The van der Waals surface area contributed by atoms with Crippen molar-refractivity contribution in [3.05, 3.63) is 58.6 Å². The smallest absolute Gasteiger partial charge is 0.251 e. The molecule has 0 bridgehead atoms. The molecule has 26 heavy (non-hydrogen) atoms. The molecule has 2 rings (SSSR count). The molecule has 0 aromatic heterocycles. The molecule has 0 saturated carbocycles. The molecule has 2 aromatic rings. The number of ether oxygens (including phenoxy) is 2. The van der Waals surface area contributed by atoms with E-state index >= 15 is 0 Å². The fourth-order valence-corrected chi connectivity index (χ4v) is 2.63. The number of hydrogen-bond donors (Lipinski definition) is 2. The maximum absolute atomic E-state index is 12.1. The molecule has 1 unspecified atom stereocenters. The van der Waals surface area contributed by atoms with Crippen molar-refractivity contribution in [2.75, 3.05) is 20.8 Å². The van der Waals surface area contributed by atoms with Crippen molar-refractivity contribution in [2.24, 2.45) is 0 Å². The molecule has 1 atom stereocenters. The van der Waals surface area contributed by atoms with Crippen LogP contribution in [0.3, 0.4) is 0 Å². The van der Waals surface area contributed by atoms with E-state index in [4.69, 9.17) is 21.1 Å². The summed E-state index contributed by atoms with van der Waals surface area (Å²) in [5.41, 5.74) is 1.21. The molecule has 7 heteroatoms. The number of halogens is 1. The van der Waals surface area contributed by atoms with Crippen LogP contribution in [-0.2, 0) is 4.79 Å². The highest BCUT2D eigenvalue weighted by molar-refractivity contribution is 6.30. The summed E-state index contributed by atoms with van der Waals surface area (Å²) in [5.74, 6) is 0.598. The van der Waals surface area contributed by atoms with Crippen molar-refractivity contribution in [1.29, 1.82) is 0 Å². The number of carbonyl (C=O) groups is 2. The topological polar surface area (TPSA) is 76.7 Å². The second-order valence-electron chi connectivity index (χ2n) is 5.59. The summed E-state index contributed by atoms with van der Waals surface area (Å²) in [6.45, 7) is 1.69. The van der Waals surface area contributed by atoms with Crippen LogP contribution in [0.2, 0.25) is 5.02 Å². The number of nitrogens with one attached hydrogen (secondary N) is 2. The maximum Gasteiger partial charge on any atom is 0.251 e. The van der Waals surface area contributed by atoms with Gasteiger partial charge in [0.1, 0.15) is 11.5 Å². The first kappa shape index (κ1) is 19.6. The van der Waals surface area contributed by atoms with Gasteiger partial charge in [-0.25, -0.2) is 0 Å². The number of hydrogen-bond acceptors (Lipinski definition) is 4. The van der Waals surface area contributed by atoms with Crippen LogP contribution in [0.25, 0.3) is 0 Å². The maximum atomic E-state index is 12.1. The second kappa shape index (κ2) is 9.10. The quantitative estimate of drug-likeness (QED) is 0.778. The minimum absolute atomic E-state index is 0.145. The lowest BCUT2D eigenvalue weighted by Crippen LogP contribution is -2.38. The average molecular weight is 377 g/mol. The summed E-state index contributed by atoms with van der Waals surface area (Å²) < 4.78 is 10.5. The summed E-state index contributed by atoms with van der Waals surface area (Å²) in [6.07, 6.45) is 0. The lowest BCUT2D eigenvalue weighted by Gasteiger charge is -2.18. The van der Waals surface area contributed by atoms with Crippen molar-refractivity contribution in [2.45, 2.75) is 13.0 Å². The highest BCUT2D eigenvalue weighted by atomic mass is 35.5. The van der Waals surface area contributed by atoms with Crippen molar-refractivity contribution in [3.63, 3.8) is 0 Å². The molecule has 2 aromatic carbocycles. The highest BCUT2D eigenvalue weighted by Crippen LogP contribution is 2.29. The Morgan fingerprint density at radius 1 is 1.12 bits per heavy atom. The first-order valence-corrected chi connectivity index (χ1v) is 8.37. The van der Waals surface area contributed by atoms with Gasteiger partial charge in [0.25, 0.3) is 5.91 Å². The third kappa shape index (κ3) is 5.13. The lowest BCUT2D eigenvalue weighted by atomic mass is 10.1. The van der Waals surface area contributed by atoms with E-state index < -0.39 is 0 Å². The molecule has 0 radical (unpaired) electrons. The van der Waals surface area contributed by atoms with Crippen LogP contribution >= 0.6 is 11.6 Å². The number of methoxy groups -OCH3 is 2. The highest BCUT2D eigenvalue weighted by Gasteiger charge is 2.16. The van der Waals surface area contributed by atoms with E-state index in [1.165, 1.54) is 0 Å². The molecule has 0 spiro atoms. The fourth-order valence-electron chi connectivity index (χ4n) is 2.44. The SMILES string of the molecule is COc1ccc(C(C)NC(=O)CNC(=O)c2cccc(Cl)c2)c(OC)c1. The van der Waals surface area contributed by atoms with Gasteiger partial charge in [-0.3, -0.25) is 9.59 Å². The third-order valence-corrected chi connectivity index (χ3v) is 4.02. The minimum Gasteiger partial charge on any atom is -0.497 e. The number of carbonyl (C=O) groups excluding carboxylic acids is 2. The summed E-state index contributed by atoms with van der Waals surface area (Å²) in [4.78, 5) is 24.2. The van der Waals surface area contributed by atoms with E-state index in [9.17, 15) is 9.59 Å². The van der Waals surface area contributed by atoms with Crippen LogP contribution in [0.5, 0.6) is 11.5 Å². The van der Waals surface area contributed by atoms with Crippen LogP contribution in [0, 0.1) is 0 Å². The number of rotatable bonds is 7. The van der Waals surface area contributed by atoms with Gasteiger partial charge < -0.3 is 20.1 Å². The Morgan fingerprint density at radius 2 is 1.88 bits per heavy atom. The van der Waals surface area contributed by atoms with Gasteiger partial charge >= 0.3 is 0 Å². The summed E-state index contributed by atoms with van der Waals surface area (Å²) in [6, 6.07) is 11.6. The Morgan fingerprint density at radius 3 is 2.54 bits per heavy atom. The Balaban J connectivity index is 1.94. The molecular weight excluding hydrogens is 356 g/mol. The zero-order chi connectivity index (χ0) is 19.1. The van der Waals surface area contributed by atoms with Gasteiger partial charge in [-0.05, 0) is 37.3 Å². The predicted molar refractivity (Wildman–Crippen MR) is 99.9 cm³/mol. The standard InChI is InChI=1S/C19H21ClN2O4/c1-12(16-8-7-15(25-2)10-17(16)26-3)22-18(23)11-21-19(24)13-5-4-6-14(20)9-13/h4-10,12H,11H2,1-3H3,(H,21,24)(H,22,23). The normalized spacial score (nSPS) is 11.4. The molecule has 0 aliphatic heterocycles. The molecule has 0 fully saturated rings. The molecular formula is C19H21ClN2O4. The first-order chi connectivity index (χ1) is 12.4. The van der Waals surface area contributed by atoms with E-state index in [2.05, 4.69) is 10.6 Å². The van der Waals surface area contributed by atoms with Crippen LogP contribution in [-0.4, -0.2) is 32.6 Å². The molecule has 0 aliphatic carbocycles. The van der Waals surface area contributed by atoms with Crippen LogP contribution in [0.15, 0.2) is 42.5 Å². The van der Waals surface area contributed by atoms with E-state index in [1.54, 1.807) is 50.6 Å². The first-order valence-electron chi connectivity index (χ1n) is 7.99. The fraction of sp³-hybridized carbons (Fsp3) is 0.263. The Labute approximate surface area is 157 Å². The Hall–Kier alpha value is -2.73. The molecule has 2 amide bonds. The van der Waals surface area contributed by atoms with Crippen molar-refractivity contribution in [3.8, 4) is 11.5 Å². The van der Waals surface area contributed by atoms with Crippen LogP contribution in [0.4, 0.5) is 0 Å². The second-order valence-corrected chi connectivity index (χ2v) is 6.03. The number of benzene rings is 2. The van der Waals surface area contributed by atoms with Gasteiger partial charge in [0.05, 0.1) is 26.8 Å². The average Bonchev–Trinajstić information content (AvgIpc) is 2.65. The van der Waals surface area contributed by atoms with E-state index in [0.29, 0.717) is 22.1 Å². The van der Waals surface area contributed by atoms with E-state index in [-0.39, 0.29) is 24.4 Å². The summed E-state index contributed by atoms with van der Waals surface area (Å²) in [7, 11) is 3.13. The zero-order valence-electron chi connectivity index (χ0n) is 14.8. The van der Waals surface area contributed by atoms with Gasteiger partial charge in [-0.15, -0.1) is 0 Å². The molecule has 138 valence electrons. The van der Waals surface area contributed by atoms with Crippen molar-refractivity contribution < 1.29 is 19.1 Å². The largest absolute Gasteiger partial charge is 0.497 e. The Bertz CT molecular complexity index is 795. The van der Waals surface area contributed by atoms with Crippen LogP contribution < -0.4 is 20.1 Å². The molecule has 0 heterocycles. The predicted octanol–water partition coefficient (Wildman–Crippen LogP) is 2.96. The molecule has 6 nitrogen and oxygen atoms in total. The lowest BCUT2D eigenvalue weighted by molar-refractivity contribution is -0.120. The van der Waals surface area contributed by atoms with Crippen molar-refractivity contribution >= 4 is 23.4 Å². The monoisotopic (exact) mass is 376 g/mol. The Kier molecular flexibility index (Phi) is 6.86. The van der Waals surface area contributed by atoms with Gasteiger partial charge in [-0.2, -0.15) is 0 Å². The third-order valence-electron chi connectivity index (χ3n) is 3.78. The van der Waals surface area contributed by atoms with Crippen LogP contribution in [0.1, 0.15) is 28.9 Å². The van der Waals surface area contributed by atoms with Gasteiger partial charge in [-0.1, -0.05) is 17.7 Å². The minimum atomic E-state index is -0.364. The van der Waals surface area contributed by atoms with Crippen molar-refractivity contribution in [1.82, 2.24) is 10.6 Å². The van der Waals surface area contributed by atoms with E-state index in [1.807, 2.05) is 13.0 Å². The molecule has 0 saturated heterocycles. The summed E-state index contributed by atoms with van der Waals surface area (Å²) >= 11 is 5.86. The summed E-state index contributed by atoms with van der Waals surface area (Å²) in [5, 5.41) is 5.86. The zero-order valence-corrected chi connectivity index (χ0v) is 15.6.